The number of nitrogens with one attached hydrogen (secondary N) is 1. The highest BCUT2D eigenvalue weighted by Crippen LogP contribution is 2.02. The second-order valence-electron chi connectivity index (χ2n) is 4.71. The Morgan fingerprint density at radius 2 is 1.86 bits per heavy atom. The zero-order chi connectivity index (χ0) is 16.3. The van der Waals surface area contributed by atoms with Gasteiger partial charge in [0, 0.05) is 11.6 Å². The molecule has 4 nitrogen and oxygen atoms in total. The smallest absolute Gasteiger partial charge is 0.333 e. The third-order valence-electron chi connectivity index (χ3n) is 2.18. The Kier molecular flexibility index (Phi) is 9.26. The summed E-state index contributed by atoms with van der Waals surface area (Å²) >= 11 is 0. The summed E-state index contributed by atoms with van der Waals surface area (Å²) in [5.74, 6) is -0.455. The van der Waals surface area contributed by atoms with Gasteiger partial charge in [0.1, 0.15) is 6.61 Å². The van der Waals surface area contributed by atoms with Crippen molar-refractivity contribution < 1.29 is 14.3 Å². The van der Waals surface area contributed by atoms with Crippen LogP contribution in [0.4, 0.5) is 0 Å². The van der Waals surface area contributed by atoms with Gasteiger partial charge in [0.15, 0.2) is 0 Å². The van der Waals surface area contributed by atoms with E-state index in [1.165, 1.54) is 6.08 Å². The summed E-state index contributed by atoms with van der Waals surface area (Å²) in [5.41, 5.74) is 1.41. The number of carbonyl (C=O) groups excluding carboxylic acids is 2. The number of hydrogen-bond donors (Lipinski definition) is 1. The molecule has 4 heteroatoms. The van der Waals surface area contributed by atoms with Crippen LogP contribution in [0.25, 0.3) is 0 Å². The predicted molar refractivity (Wildman–Crippen MR) is 84.5 cm³/mol. The molecule has 1 N–H and O–H groups in total. The van der Waals surface area contributed by atoms with Crippen molar-refractivity contribution in [3.8, 4) is 0 Å². The summed E-state index contributed by atoms with van der Waals surface area (Å²) in [6.07, 6.45) is 1.26. The van der Waals surface area contributed by atoms with Gasteiger partial charge in [-0.25, -0.2) is 4.79 Å². The molecule has 0 fully saturated rings. The van der Waals surface area contributed by atoms with Crippen molar-refractivity contribution in [1.29, 1.82) is 0 Å². The molecule has 1 aromatic rings. The molecule has 0 heterocycles. The van der Waals surface area contributed by atoms with Gasteiger partial charge < -0.3 is 10.1 Å². The topological polar surface area (TPSA) is 55.4 Å². The zero-order valence-electron chi connectivity index (χ0n) is 12.9. The van der Waals surface area contributed by atoms with E-state index in [9.17, 15) is 9.59 Å². The standard InChI is InChI=1S/C11H12O2.C6H11NO/c1-9(2)11(12)13-8-10-6-4-3-5-7-10;1-4-6(8)7-5(2)3/h3-7H,1,8H2,2H3;4-5H,1H2,2-3H3,(H,7,8). The number of hydrogen-bond acceptors (Lipinski definition) is 3. The lowest BCUT2D eigenvalue weighted by molar-refractivity contribution is -0.140. The van der Waals surface area contributed by atoms with Crippen LogP contribution in [0.5, 0.6) is 0 Å². The van der Waals surface area contributed by atoms with E-state index in [0.717, 1.165) is 5.56 Å². The van der Waals surface area contributed by atoms with E-state index in [1.807, 2.05) is 44.2 Å². The van der Waals surface area contributed by atoms with Gasteiger partial charge in [0.25, 0.3) is 0 Å². The Bertz CT molecular complexity index is 478. The van der Waals surface area contributed by atoms with Crippen LogP contribution in [-0.2, 0) is 20.9 Å². The fourth-order valence-electron chi connectivity index (χ4n) is 1.19. The van der Waals surface area contributed by atoms with Gasteiger partial charge in [-0.15, -0.1) is 0 Å². The van der Waals surface area contributed by atoms with Gasteiger partial charge in [-0.3, -0.25) is 4.79 Å². The second kappa shape index (κ2) is 10.4. The highest BCUT2D eigenvalue weighted by molar-refractivity contribution is 5.87. The molecule has 114 valence electrons. The molecule has 0 unspecified atom stereocenters. The molecule has 0 aliphatic rings. The molecule has 0 saturated heterocycles. The Balaban J connectivity index is 0.000000433. The van der Waals surface area contributed by atoms with E-state index in [0.29, 0.717) is 12.2 Å². The SMILES string of the molecule is C=C(C)C(=O)OCc1ccccc1.C=CC(=O)NC(C)C. The van der Waals surface area contributed by atoms with Crippen molar-refractivity contribution in [2.75, 3.05) is 0 Å². The lowest BCUT2D eigenvalue weighted by Gasteiger charge is -2.03. The van der Waals surface area contributed by atoms with Gasteiger partial charge in [-0.1, -0.05) is 43.5 Å². The maximum absolute atomic E-state index is 11.0. The van der Waals surface area contributed by atoms with Gasteiger partial charge in [-0.2, -0.15) is 0 Å². The van der Waals surface area contributed by atoms with E-state index in [-0.39, 0.29) is 17.9 Å². The Labute approximate surface area is 126 Å². The lowest BCUT2D eigenvalue weighted by atomic mass is 10.2. The number of esters is 1. The lowest BCUT2D eigenvalue weighted by Crippen LogP contribution is -2.27. The zero-order valence-corrected chi connectivity index (χ0v) is 12.9. The molecule has 0 bridgehead atoms. The van der Waals surface area contributed by atoms with Gasteiger partial charge in [0.2, 0.25) is 5.91 Å². The van der Waals surface area contributed by atoms with Gasteiger partial charge in [-0.05, 0) is 32.4 Å². The first-order valence-electron chi connectivity index (χ1n) is 6.66. The van der Waals surface area contributed by atoms with Gasteiger partial charge in [0.05, 0.1) is 0 Å². The minimum absolute atomic E-state index is 0.111. The molecule has 0 aromatic heterocycles. The maximum Gasteiger partial charge on any atom is 0.333 e. The maximum atomic E-state index is 11.0. The molecule has 0 aliphatic carbocycles. The van der Waals surface area contributed by atoms with Crippen molar-refractivity contribution in [2.24, 2.45) is 0 Å². The molecule has 0 aliphatic heterocycles. The first-order valence-corrected chi connectivity index (χ1v) is 6.66. The molecule has 1 aromatic carbocycles. The monoisotopic (exact) mass is 289 g/mol. The first-order chi connectivity index (χ1) is 9.86. The van der Waals surface area contributed by atoms with Crippen LogP contribution in [0.15, 0.2) is 55.1 Å². The van der Waals surface area contributed by atoms with Crippen molar-refractivity contribution in [3.05, 3.63) is 60.7 Å². The van der Waals surface area contributed by atoms with E-state index >= 15 is 0 Å². The molecule has 1 amide bonds. The first kappa shape index (κ1) is 18.6. The minimum atomic E-state index is -0.344. The van der Waals surface area contributed by atoms with E-state index in [1.54, 1.807) is 6.92 Å². The fourth-order valence-corrected chi connectivity index (χ4v) is 1.19. The third-order valence-corrected chi connectivity index (χ3v) is 2.18. The molecule has 0 spiro atoms. The molecule has 1 rings (SSSR count). The molecular weight excluding hydrogens is 266 g/mol. The predicted octanol–water partition coefficient (Wildman–Crippen LogP) is 3.00. The fraction of sp³-hybridized carbons (Fsp3) is 0.294. The minimum Gasteiger partial charge on any atom is -0.457 e. The van der Waals surface area contributed by atoms with E-state index in [4.69, 9.17) is 4.74 Å². The van der Waals surface area contributed by atoms with Crippen molar-refractivity contribution >= 4 is 11.9 Å². The summed E-state index contributed by atoms with van der Waals surface area (Å²) in [6.45, 7) is 12.5. The number of carbonyl (C=O) groups is 2. The summed E-state index contributed by atoms with van der Waals surface area (Å²) in [6, 6.07) is 9.76. The van der Waals surface area contributed by atoms with Crippen molar-refractivity contribution in [3.63, 3.8) is 0 Å². The largest absolute Gasteiger partial charge is 0.457 e. The van der Waals surface area contributed by atoms with Crippen LogP contribution in [0.2, 0.25) is 0 Å². The summed E-state index contributed by atoms with van der Waals surface area (Å²) < 4.78 is 4.95. The third kappa shape index (κ3) is 10.1. The quantitative estimate of drug-likeness (QED) is 0.669. The Morgan fingerprint density at radius 3 is 2.24 bits per heavy atom. The molecule has 0 saturated carbocycles. The Morgan fingerprint density at radius 1 is 1.29 bits per heavy atom. The van der Waals surface area contributed by atoms with Crippen LogP contribution < -0.4 is 5.32 Å². The summed E-state index contributed by atoms with van der Waals surface area (Å²) in [4.78, 5) is 21.4. The van der Waals surface area contributed by atoms with Crippen LogP contribution in [0.3, 0.4) is 0 Å². The van der Waals surface area contributed by atoms with Crippen molar-refractivity contribution in [2.45, 2.75) is 33.4 Å². The summed E-state index contributed by atoms with van der Waals surface area (Å²) in [5, 5.41) is 2.64. The molecule has 0 atom stereocenters. The summed E-state index contributed by atoms with van der Waals surface area (Å²) in [7, 11) is 0. The van der Waals surface area contributed by atoms with Crippen LogP contribution in [0, 0.1) is 0 Å². The molecule has 21 heavy (non-hydrogen) atoms. The van der Waals surface area contributed by atoms with E-state index in [2.05, 4.69) is 18.5 Å². The molecular formula is C17H23NO3. The second-order valence-corrected chi connectivity index (χ2v) is 4.71. The van der Waals surface area contributed by atoms with Crippen LogP contribution >= 0.6 is 0 Å². The number of benzene rings is 1. The normalized spacial score (nSPS) is 9.14. The average molecular weight is 289 g/mol. The van der Waals surface area contributed by atoms with Gasteiger partial charge >= 0.3 is 5.97 Å². The molecule has 0 radical (unpaired) electrons. The number of rotatable bonds is 5. The average Bonchev–Trinajstić information content (AvgIpc) is 2.45. The van der Waals surface area contributed by atoms with Crippen molar-refractivity contribution in [1.82, 2.24) is 5.32 Å². The number of ether oxygens (including phenoxy) is 1. The highest BCUT2D eigenvalue weighted by atomic mass is 16.5. The number of amides is 1. The van der Waals surface area contributed by atoms with Crippen LogP contribution in [0.1, 0.15) is 26.3 Å². The van der Waals surface area contributed by atoms with E-state index < -0.39 is 0 Å². The van der Waals surface area contributed by atoms with Crippen LogP contribution in [-0.4, -0.2) is 17.9 Å². The highest BCUT2D eigenvalue weighted by Gasteiger charge is 2.02. The Hall–Kier alpha value is -2.36.